The molecule has 7 heteroatoms. The fraction of sp³-hybridized carbons (Fsp3) is 0.636. The van der Waals surface area contributed by atoms with Gasteiger partial charge in [-0.3, -0.25) is 4.79 Å². The molecular formula is C11H16N2O5. The summed E-state index contributed by atoms with van der Waals surface area (Å²) in [5, 5.41) is 28.6. The van der Waals surface area contributed by atoms with Gasteiger partial charge in [0.1, 0.15) is 30.1 Å². The van der Waals surface area contributed by atoms with E-state index in [-0.39, 0.29) is 11.3 Å². The van der Waals surface area contributed by atoms with Gasteiger partial charge in [-0.2, -0.15) is 0 Å². The summed E-state index contributed by atoms with van der Waals surface area (Å²) in [7, 11) is 0. The molecule has 2 rings (SSSR count). The molecule has 4 N–H and O–H groups in total. The molecule has 0 aliphatic carbocycles. The second-order valence-electron chi connectivity index (χ2n) is 4.42. The molecule has 1 fully saturated rings. The maximum absolute atomic E-state index is 11.4. The normalized spacial score (nSPS) is 31.8. The van der Waals surface area contributed by atoms with E-state index in [9.17, 15) is 15.0 Å². The van der Waals surface area contributed by atoms with Crippen molar-refractivity contribution < 1.29 is 20.1 Å². The lowest BCUT2D eigenvalue weighted by atomic mass is 10.0. The number of aryl methyl sites for hydroxylation is 2. The number of nitrogens with one attached hydrogen (secondary N) is 1. The number of nitrogens with zero attached hydrogens (tertiary/aromatic N) is 1. The second-order valence-corrected chi connectivity index (χ2v) is 4.42. The van der Waals surface area contributed by atoms with Crippen molar-refractivity contribution in [2.75, 3.05) is 6.61 Å². The zero-order valence-electron chi connectivity index (χ0n) is 10.1. The van der Waals surface area contributed by atoms with Crippen molar-refractivity contribution >= 4 is 0 Å². The van der Waals surface area contributed by atoms with Gasteiger partial charge in [-0.1, -0.05) is 0 Å². The molecule has 18 heavy (non-hydrogen) atoms. The summed E-state index contributed by atoms with van der Waals surface area (Å²) in [6.07, 6.45) is -4.06. The van der Waals surface area contributed by atoms with Crippen molar-refractivity contribution in [1.82, 2.24) is 9.97 Å². The van der Waals surface area contributed by atoms with Crippen molar-refractivity contribution in [1.29, 1.82) is 0 Å². The molecule has 2 unspecified atom stereocenters. The Bertz CT molecular complexity index is 501. The molecule has 0 saturated carbocycles. The molecule has 0 bridgehead atoms. The summed E-state index contributed by atoms with van der Waals surface area (Å²) in [6.45, 7) is 2.79. The molecule has 1 aromatic heterocycles. The molecule has 7 nitrogen and oxygen atoms in total. The van der Waals surface area contributed by atoms with E-state index in [0.29, 0.717) is 11.4 Å². The van der Waals surface area contributed by atoms with E-state index in [4.69, 9.17) is 9.84 Å². The summed E-state index contributed by atoms with van der Waals surface area (Å²) in [4.78, 5) is 18.0. The molecule has 4 atom stereocenters. The van der Waals surface area contributed by atoms with Crippen LogP contribution in [0.1, 0.15) is 23.2 Å². The van der Waals surface area contributed by atoms with Crippen molar-refractivity contribution in [2.24, 2.45) is 0 Å². The van der Waals surface area contributed by atoms with Crippen molar-refractivity contribution in [3.8, 4) is 0 Å². The Kier molecular flexibility index (Phi) is 3.49. The van der Waals surface area contributed by atoms with Gasteiger partial charge in [-0.15, -0.1) is 0 Å². The van der Waals surface area contributed by atoms with Crippen LogP contribution in [-0.2, 0) is 4.74 Å². The van der Waals surface area contributed by atoms with Gasteiger partial charge in [-0.05, 0) is 13.8 Å². The van der Waals surface area contributed by atoms with Crippen LogP contribution in [0.5, 0.6) is 0 Å². The third-order valence-electron chi connectivity index (χ3n) is 3.11. The lowest BCUT2D eigenvalue weighted by molar-refractivity contribution is -0.0243. The van der Waals surface area contributed by atoms with Crippen LogP contribution >= 0.6 is 0 Å². The molecule has 0 amide bonds. The monoisotopic (exact) mass is 256 g/mol. The molecule has 2 heterocycles. The summed E-state index contributed by atoms with van der Waals surface area (Å²) in [5.41, 5.74) is 0.798. The highest BCUT2D eigenvalue weighted by Crippen LogP contribution is 2.33. The molecule has 0 spiro atoms. The zero-order valence-corrected chi connectivity index (χ0v) is 10.1. The number of aliphatic hydroxyl groups is 3. The van der Waals surface area contributed by atoms with Crippen LogP contribution in [0.15, 0.2) is 4.79 Å². The Balaban J connectivity index is 2.38. The number of rotatable bonds is 2. The van der Waals surface area contributed by atoms with Gasteiger partial charge < -0.3 is 25.0 Å². The SMILES string of the molecule is Cc1[nH]c(=O)c(C)nc1[C@@H]1O[C@H](CO)C(O)C1O. The van der Waals surface area contributed by atoms with Crippen LogP contribution in [-0.4, -0.2) is 50.2 Å². The third-order valence-corrected chi connectivity index (χ3v) is 3.11. The van der Waals surface area contributed by atoms with Gasteiger partial charge in [0.25, 0.3) is 5.56 Å². The Morgan fingerprint density at radius 3 is 2.56 bits per heavy atom. The molecule has 0 aromatic carbocycles. The second kappa shape index (κ2) is 4.77. The lowest BCUT2D eigenvalue weighted by Gasteiger charge is -2.16. The van der Waals surface area contributed by atoms with Gasteiger partial charge in [0.05, 0.1) is 12.3 Å². The number of hydrogen-bond donors (Lipinski definition) is 4. The predicted octanol–water partition coefficient (Wildman–Crippen LogP) is -1.46. The fourth-order valence-corrected chi connectivity index (χ4v) is 2.04. The highest BCUT2D eigenvalue weighted by atomic mass is 16.6. The predicted molar refractivity (Wildman–Crippen MR) is 61.0 cm³/mol. The van der Waals surface area contributed by atoms with E-state index in [1.54, 1.807) is 13.8 Å². The maximum Gasteiger partial charge on any atom is 0.269 e. The molecule has 1 saturated heterocycles. The smallest absolute Gasteiger partial charge is 0.269 e. The topological polar surface area (TPSA) is 116 Å². The first-order valence-corrected chi connectivity index (χ1v) is 5.65. The van der Waals surface area contributed by atoms with Crippen LogP contribution in [0, 0.1) is 13.8 Å². The summed E-state index contributed by atoms with van der Waals surface area (Å²) in [5.74, 6) is 0. The standard InChI is InChI=1S/C11H16N2O5/c1-4-7(12-5(2)11(17)13-4)10-9(16)8(15)6(3-14)18-10/h6,8-10,14-16H,3H2,1-2H3,(H,13,17)/t6-,8?,9?,10+/m1/s1. The van der Waals surface area contributed by atoms with Crippen molar-refractivity contribution in [3.63, 3.8) is 0 Å². The minimum atomic E-state index is -1.18. The van der Waals surface area contributed by atoms with Crippen LogP contribution in [0.25, 0.3) is 0 Å². The highest BCUT2D eigenvalue weighted by Gasteiger charge is 2.44. The van der Waals surface area contributed by atoms with E-state index in [2.05, 4.69) is 9.97 Å². The fourth-order valence-electron chi connectivity index (χ4n) is 2.04. The molecular weight excluding hydrogens is 240 g/mol. The first-order valence-electron chi connectivity index (χ1n) is 5.65. The highest BCUT2D eigenvalue weighted by molar-refractivity contribution is 5.18. The number of hydrogen-bond acceptors (Lipinski definition) is 6. The van der Waals surface area contributed by atoms with Gasteiger partial charge in [0.2, 0.25) is 0 Å². The summed E-state index contributed by atoms with van der Waals surface area (Å²) < 4.78 is 5.36. The minimum Gasteiger partial charge on any atom is -0.394 e. The first kappa shape index (κ1) is 13.2. The lowest BCUT2D eigenvalue weighted by Crippen LogP contribution is -2.32. The van der Waals surface area contributed by atoms with E-state index < -0.39 is 31.0 Å². The third kappa shape index (κ3) is 2.05. The summed E-state index contributed by atoms with van der Waals surface area (Å²) in [6, 6.07) is 0. The average Bonchev–Trinajstić information content (AvgIpc) is 2.61. The van der Waals surface area contributed by atoms with E-state index in [0.717, 1.165) is 0 Å². The van der Waals surface area contributed by atoms with Crippen LogP contribution in [0.2, 0.25) is 0 Å². The zero-order chi connectivity index (χ0) is 13.4. The molecule has 1 aromatic rings. The number of ether oxygens (including phenoxy) is 1. The maximum atomic E-state index is 11.4. The van der Waals surface area contributed by atoms with E-state index >= 15 is 0 Å². The number of H-pyrrole nitrogens is 1. The Morgan fingerprint density at radius 1 is 1.33 bits per heavy atom. The van der Waals surface area contributed by atoms with Crippen molar-refractivity contribution in [3.05, 3.63) is 27.4 Å². The Labute approximate surface area is 103 Å². The van der Waals surface area contributed by atoms with Crippen LogP contribution < -0.4 is 5.56 Å². The Morgan fingerprint density at radius 2 is 2.00 bits per heavy atom. The van der Waals surface area contributed by atoms with Gasteiger partial charge in [-0.25, -0.2) is 4.98 Å². The summed E-state index contributed by atoms with van der Waals surface area (Å²) >= 11 is 0. The minimum absolute atomic E-state index is 0.258. The molecule has 100 valence electrons. The van der Waals surface area contributed by atoms with E-state index in [1.165, 1.54) is 0 Å². The largest absolute Gasteiger partial charge is 0.394 e. The number of aromatic nitrogens is 2. The quantitative estimate of drug-likeness (QED) is 0.514. The van der Waals surface area contributed by atoms with Crippen LogP contribution in [0.4, 0.5) is 0 Å². The number of aromatic amines is 1. The van der Waals surface area contributed by atoms with Crippen LogP contribution in [0.3, 0.4) is 0 Å². The molecule has 0 radical (unpaired) electrons. The van der Waals surface area contributed by atoms with Gasteiger partial charge in [0, 0.05) is 5.69 Å². The average molecular weight is 256 g/mol. The van der Waals surface area contributed by atoms with Gasteiger partial charge in [0.15, 0.2) is 0 Å². The van der Waals surface area contributed by atoms with E-state index in [1.807, 2.05) is 0 Å². The number of aliphatic hydroxyl groups excluding tert-OH is 3. The first-order chi connectivity index (χ1) is 8.45. The molecule has 1 aliphatic heterocycles. The van der Waals surface area contributed by atoms with Crippen molar-refractivity contribution in [2.45, 2.75) is 38.3 Å². The van der Waals surface area contributed by atoms with Gasteiger partial charge >= 0.3 is 0 Å². The molecule has 1 aliphatic rings. The Hall–Kier alpha value is -1.28.